The molecule has 0 spiro atoms. The topological polar surface area (TPSA) is 60.4 Å². The van der Waals surface area contributed by atoms with Gasteiger partial charge in [-0.3, -0.25) is 9.59 Å². The average Bonchev–Trinajstić information content (AvgIpc) is 3.03. The van der Waals surface area contributed by atoms with E-state index in [1.165, 1.54) is 7.11 Å². The van der Waals surface area contributed by atoms with Gasteiger partial charge in [0.05, 0.1) is 12.7 Å². The van der Waals surface area contributed by atoms with Crippen LogP contribution in [0, 0.1) is 0 Å². The van der Waals surface area contributed by atoms with Crippen LogP contribution in [0.4, 0.5) is 0 Å². The summed E-state index contributed by atoms with van der Waals surface area (Å²) >= 11 is 23.4. The lowest BCUT2D eigenvalue weighted by molar-refractivity contribution is 0.0600. The Kier molecular flexibility index (Phi) is 12.2. The number of carbonyl (C=O) groups excluding carboxylic acids is 3. The first-order chi connectivity index (χ1) is 19.4. The quantitative estimate of drug-likeness (QED) is 0.107. The summed E-state index contributed by atoms with van der Waals surface area (Å²) in [6.07, 6.45) is 0. The summed E-state index contributed by atoms with van der Waals surface area (Å²) in [5, 5.41) is 0. The SMILES string of the molecule is COC(=O)c1ccc(C(=O)c2ccc(CCl)c(CCl)c2)cc1.O=C(c1ccccc1)c1ccc(CCl)c(CCl)c1. The summed E-state index contributed by atoms with van der Waals surface area (Å²) in [5.74, 6) is 0.844. The van der Waals surface area contributed by atoms with Gasteiger partial charge in [0, 0.05) is 45.8 Å². The number of rotatable bonds is 9. The van der Waals surface area contributed by atoms with Gasteiger partial charge in [-0.05, 0) is 46.5 Å². The van der Waals surface area contributed by atoms with Crippen molar-refractivity contribution >= 4 is 63.9 Å². The van der Waals surface area contributed by atoms with Gasteiger partial charge >= 0.3 is 5.97 Å². The Morgan fingerprint density at radius 3 is 1.27 bits per heavy atom. The third-order valence-corrected chi connectivity index (χ3v) is 7.27. The molecule has 0 aliphatic rings. The molecule has 4 aromatic carbocycles. The molecule has 0 amide bonds. The molecule has 0 atom stereocenters. The largest absolute Gasteiger partial charge is 0.465 e. The van der Waals surface area contributed by atoms with Gasteiger partial charge in [0.1, 0.15) is 0 Å². The van der Waals surface area contributed by atoms with Gasteiger partial charge in [-0.1, -0.05) is 66.7 Å². The summed E-state index contributed by atoms with van der Waals surface area (Å²) in [5.41, 5.74) is 6.38. The van der Waals surface area contributed by atoms with Gasteiger partial charge in [0.25, 0.3) is 0 Å². The van der Waals surface area contributed by atoms with Gasteiger partial charge in [-0.2, -0.15) is 0 Å². The van der Waals surface area contributed by atoms with E-state index in [1.807, 2.05) is 30.3 Å². The first-order valence-electron chi connectivity index (χ1n) is 12.2. The van der Waals surface area contributed by atoms with Crippen LogP contribution in [0.15, 0.2) is 91.0 Å². The van der Waals surface area contributed by atoms with E-state index < -0.39 is 5.97 Å². The Morgan fingerprint density at radius 2 is 0.875 bits per heavy atom. The van der Waals surface area contributed by atoms with Crippen LogP contribution >= 0.6 is 46.4 Å². The third kappa shape index (κ3) is 7.96. The van der Waals surface area contributed by atoms with Gasteiger partial charge in [0.2, 0.25) is 0 Å². The highest BCUT2D eigenvalue weighted by atomic mass is 35.5. The van der Waals surface area contributed by atoms with Crippen LogP contribution in [0.3, 0.4) is 0 Å². The molecule has 4 aromatic rings. The number of alkyl halides is 4. The molecule has 0 aliphatic heterocycles. The Balaban J connectivity index is 0.000000225. The average molecular weight is 616 g/mol. The molecule has 0 N–H and O–H groups in total. The molecule has 4 nitrogen and oxygen atoms in total. The zero-order chi connectivity index (χ0) is 29.1. The van der Waals surface area contributed by atoms with Crippen molar-refractivity contribution in [3.8, 4) is 0 Å². The standard InChI is InChI=1S/C17H14Cl2O3.C15H12Cl2O/c1-22-17(21)12-4-2-11(3-5-12)16(20)13-6-7-14(9-18)15(8-13)10-19;16-9-13-7-6-12(8-14(13)10-17)15(18)11-4-2-1-3-5-11/h2-8H,9-10H2,1H3;1-8H,9-10H2. The van der Waals surface area contributed by atoms with Crippen molar-refractivity contribution in [2.75, 3.05) is 7.11 Å². The smallest absolute Gasteiger partial charge is 0.337 e. The van der Waals surface area contributed by atoms with Gasteiger partial charge in [-0.25, -0.2) is 4.79 Å². The number of benzene rings is 4. The molecule has 4 rings (SSSR count). The summed E-state index contributed by atoms with van der Waals surface area (Å²) in [6.45, 7) is 0. The summed E-state index contributed by atoms with van der Waals surface area (Å²) < 4.78 is 4.63. The summed E-state index contributed by atoms with van der Waals surface area (Å²) in [7, 11) is 1.31. The highest BCUT2D eigenvalue weighted by Gasteiger charge is 2.13. The third-order valence-electron chi connectivity index (χ3n) is 6.12. The van der Waals surface area contributed by atoms with Crippen LogP contribution < -0.4 is 0 Å². The van der Waals surface area contributed by atoms with E-state index in [-0.39, 0.29) is 11.6 Å². The maximum absolute atomic E-state index is 12.5. The first kappa shape index (κ1) is 31.4. The molecule has 0 heterocycles. The first-order valence-corrected chi connectivity index (χ1v) is 14.3. The molecule has 0 saturated heterocycles. The van der Waals surface area contributed by atoms with Crippen LogP contribution in [0.25, 0.3) is 0 Å². The minimum Gasteiger partial charge on any atom is -0.465 e. The molecule has 0 unspecified atom stereocenters. The zero-order valence-corrected chi connectivity index (χ0v) is 24.7. The molecule has 0 bridgehead atoms. The maximum atomic E-state index is 12.5. The monoisotopic (exact) mass is 614 g/mol. The highest BCUT2D eigenvalue weighted by molar-refractivity contribution is 6.19. The second kappa shape index (κ2) is 15.6. The number of hydrogen-bond acceptors (Lipinski definition) is 4. The number of esters is 1. The molecule has 0 radical (unpaired) electrons. The predicted octanol–water partition coefficient (Wildman–Crippen LogP) is 8.58. The number of ketones is 2. The summed E-state index contributed by atoms with van der Waals surface area (Å²) in [6, 6.07) is 26.3. The fourth-order valence-electron chi connectivity index (χ4n) is 3.84. The van der Waals surface area contributed by atoms with Crippen LogP contribution in [0.5, 0.6) is 0 Å². The normalized spacial score (nSPS) is 10.3. The fourth-order valence-corrected chi connectivity index (χ4v) is 4.86. The minimum absolute atomic E-state index is 0.00286. The van der Waals surface area contributed by atoms with Crippen LogP contribution in [0.1, 0.15) is 64.5 Å². The van der Waals surface area contributed by atoms with Crippen molar-refractivity contribution in [1.29, 1.82) is 0 Å². The number of ether oxygens (including phenoxy) is 1. The molecule has 8 heteroatoms. The predicted molar refractivity (Wildman–Crippen MR) is 162 cm³/mol. The van der Waals surface area contributed by atoms with E-state index in [4.69, 9.17) is 46.4 Å². The molecule has 0 fully saturated rings. The number of hydrogen-bond donors (Lipinski definition) is 0. The lowest BCUT2D eigenvalue weighted by atomic mass is 9.98. The lowest BCUT2D eigenvalue weighted by Gasteiger charge is -2.08. The van der Waals surface area contributed by atoms with Crippen LogP contribution in [-0.2, 0) is 28.3 Å². The Labute approximate surface area is 253 Å². The lowest BCUT2D eigenvalue weighted by Crippen LogP contribution is -2.05. The van der Waals surface area contributed by atoms with Gasteiger partial charge in [0.15, 0.2) is 11.6 Å². The zero-order valence-electron chi connectivity index (χ0n) is 21.6. The Morgan fingerprint density at radius 1 is 0.500 bits per heavy atom. The Hall–Kier alpha value is -3.15. The van der Waals surface area contributed by atoms with E-state index in [0.29, 0.717) is 51.3 Å². The molecule has 40 heavy (non-hydrogen) atoms. The Bertz CT molecular complexity index is 1470. The van der Waals surface area contributed by atoms with E-state index in [9.17, 15) is 14.4 Å². The molecule has 0 saturated carbocycles. The fraction of sp³-hybridized carbons (Fsp3) is 0.156. The van der Waals surface area contributed by atoms with Gasteiger partial charge in [-0.15, -0.1) is 46.4 Å². The van der Waals surface area contributed by atoms with Crippen LogP contribution in [0.2, 0.25) is 0 Å². The molecule has 0 aliphatic carbocycles. The maximum Gasteiger partial charge on any atom is 0.337 e. The molecular weight excluding hydrogens is 590 g/mol. The van der Waals surface area contributed by atoms with E-state index in [0.717, 1.165) is 22.3 Å². The van der Waals surface area contributed by atoms with Crippen molar-refractivity contribution in [2.24, 2.45) is 0 Å². The van der Waals surface area contributed by atoms with Gasteiger partial charge < -0.3 is 4.74 Å². The molecule has 0 aromatic heterocycles. The number of halogens is 4. The van der Waals surface area contributed by atoms with E-state index in [2.05, 4.69) is 4.74 Å². The van der Waals surface area contributed by atoms with Crippen molar-refractivity contribution in [3.05, 3.63) is 141 Å². The molecule has 206 valence electrons. The van der Waals surface area contributed by atoms with Crippen molar-refractivity contribution < 1.29 is 19.1 Å². The second-order valence-corrected chi connectivity index (χ2v) is 9.66. The van der Waals surface area contributed by atoms with E-state index in [1.54, 1.807) is 60.7 Å². The number of carbonyl (C=O) groups is 3. The second-order valence-electron chi connectivity index (χ2n) is 8.59. The molecular formula is C32H26Cl4O4. The van der Waals surface area contributed by atoms with Crippen molar-refractivity contribution in [3.63, 3.8) is 0 Å². The van der Waals surface area contributed by atoms with E-state index >= 15 is 0 Å². The van der Waals surface area contributed by atoms with Crippen molar-refractivity contribution in [1.82, 2.24) is 0 Å². The highest BCUT2D eigenvalue weighted by Crippen LogP contribution is 2.20. The minimum atomic E-state index is -0.435. The number of methoxy groups -OCH3 is 1. The summed E-state index contributed by atoms with van der Waals surface area (Å²) in [4.78, 5) is 36.1. The van der Waals surface area contributed by atoms with Crippen molar-refractivity contribution in [2.45, 2.75) is 23.5 Å². The van der Waals surface area contributed by atoms with Crippen LogP contribution in [-0.4, -0.2) is 24.6 Å².